The van der Waals surface area contributed by atoms with Crippen LogP contribution in [0.25, 0.3) is 0 Å². The molecule has 1 heterocycles. The Morgan fingerprint density at radius 2 is 1.95 bits per heavy atom. The third-order valence-electron chi connectivity index (χ3n) is 5.57. The number of hydrogen-bond acceptors (Lipinski definition) is 2. The molecule has 2 unspecified atom stereocenters. The smallest absolute Gasteiger partial charge is 0.311 e. The van der Waals surface area contributed by atoms with Gasteiger partial charge in [-0.3, -0.25) is 9.59 Å². The van der Waals surface area contributed by atoms with Crippen molar-refractivity contribution < 1.29 is 14.7 Å². The second-order valence-electron chi connectivity index (χ2n) is 7.24. The average Bonchev–Trinajstić information content (AvgIpc) is 2.77. The van der Waals surface area contributed by atoms with Gasteiger partial charge in [0.2, 0.25) is 5.91 Å². The summed E-state index contributed by atoms with van der Waals surface area (Å²) in [6.07, 6.45) is 5.24. The van der Waals surface area contributed by atoms with Crippen molar-refractivity contribution >= 4 is 11.9 Å². The lowest BCUT2D eigenvalue weighted by Crippen LogP contribution is -2.52. The predicted molar refractivity (Wildman–Crippen MR) is 77.3 cm³/mol. The van der Waals surface area contributed by atoms with E-state index in [2.05, 4.69) is 13.8 Å². The first-order chi connectivity index (χ1) is 9.32. The molecule has 2 fully saturated rings. The molecule has 0 radical (unpaired) electrons. The van der Waals surface area contributed by atoms with E-state index in [4.69, 9.17) is 0 Å². The van der Waals surface area contributed by atoms with Gasteiger partial charge in [0.25, 0.3) is 0 Å². The Labute approximate surface area is 121 Å². The monoisotopic (exact) mass is 281 g/mol. The van der Waals surface area contributed by atoms with Crippen LogP contribution in [0.3, 0.4) is 0 Å². The molecule has 0 spiro atoms. The van der Waals surface area contributed by atoms with Crippen molar-refractivity contribution in [2.24, 2.45) is 16.7 Å². The predicted octanol–water partition coefficient (Wildman–Crippen LogP) is 2.92. The number of amides is 1. The van der Waals surface area contributed by atoms with Crippen LogP contribution in [0.4, 0.5) is 0 Å². The maximum Gasteiger partial charge on any atom is 0.311 e. The van der Waals surface area contributed by atoms with Gasteiger partial charge in [0.1, 0.15) is 0 Å². The number of rotatable bonds is 3. The number of aliphatic carboxylic acids is 1. The van der Waals surface area contributed by atoms with Crippen LogP contribution in [-0.4, -0.2) is 35.0 Å². The van der Waals surface area contributed by atoms with Crippen molar-refractivity contribution in [3.05, 3.63) is 0 Å². The van der Waals surface area contributed by atoms with Crippen LogP contribution in [-0.2, 0) is 9.59 Å². The topological polar surface area (TPSA) is 57.6 Å². The van der Waals surface area contributed by atoms with Gasteiger partial charge in [0, 0.05) is 19.0 Å². The van der Waals surface area contributed by atoms with Gasteiger partial charge in [-0.25, -0.2) is 0 Å². The zero-order chi connectivity index (χ0) is 15.0. The molecule has 0 bridgehead atoms. The summed E-state index contributed by atoms with van der Waals surface area (Å²) >= 11 is 0. The van der Waals surface area contributed by atoms with Gasteiger partial charge in [0.05, 0.1) is 5.41 Å². The SMILES string of the molecule is CCC1(C(=O)O)CCCN(C(=O)C2CCCC2(C)C)C1. The van der Waals surface area contributed by atoms with Crippen molar-refractivity contribution in [3.63, 3.8) is 0 Å². The van der Waals surface area contributed by atoms with Crippen LogP contribution >= 0.6 is 0 Å². The van der Waals surface area contributed by atoms with Crippen LogP contribution in [0.15, 0.2) is 0 Å². The first kappa shape index (κ1) is 15.3. The number of hydrogen-bond donors (Lipinski definition) is 1. The first-order valence-corrected chi connectivity index (χ1v) is 7.84. The summed E-state index contributed by atoms with van der Waals surface area (Å²) in [4.78, 5) is 26.2. The summed E-state index contributed by atoms with van der Waals surface area (Å²) in [5, 5.41) is 9.52. The van der Waals surface area contributed by atoms with E-state index in [0.29, 0.717) is 19.4 Å². The molecule has 1 aliphatic carbocycles. The fraction of sp³-hybridized carbons (Fsp3) is 0.875. The molecule has 20 heavy (non-hydrogen) atoms. The Kier molecular flexibility index (Phi) is 4.12. The lowest BCUT2D eigenvalue weighted by molar-refractivity contribution is -0.156. The van der Waals surface area contributed by atoms with Crippen LogP contribution in [0.5, 0.6) is 0 Å². The molecule has 0 aromatic rings. The standard InChI is InChI=1S/C16H27NO3/c1-4-16(14(19)20)9-6-10-17(11-16)13(18)12-7-5-8-15(12,2)3/h12H,4-11H2,1-3H3,(H,19,20). The summed E-state index contributed by atoms with van der Waals surface area (Å²) in [5.41, 5.74) is -0.663. The molecular weight excluding hydrogens is 254 g/mol. The van der Waals surface area contributed by atoms with Crippen molar-refractivity contribution in [3.8, 4) is 0 Å². The van der Waals surface area contributed by atoms with E-state index in [0.717, 1.165) is 32.2 Å². The van der Waals surface area contributed by atoms with Crippen LogP contribution < -0.4 is 0 Å². The molecule has 1 saturated heterocycles. The summed E-state index contributed by atoms with van der Waals surface area (Å²) in [7, 11) is 0. The van der Waals surface area contributed by atoms with E-state index in [1.54, 1.807) is 0 Å². The molecule has 2 rings (SSSR count). The van der Waals surface area contributed by atoms with Gasteiger partial charge in [0.15, 0.2) is 0 Å². The lowest BCUT2D eigenvalue weighted by Gasteiger charge is -2.41. The highest BCUT2D eigenvalue weighted by molar-refractivity contribution is 5.82. The largest absolute Gasteiger partial charge is 0.481 e. The van der Waals surface area contributed by atoms with Gasteiger partial charge in [-0.15, -0.1) is 0 Å². The zero-order valence-electron chi connectivity index (χ0n) is 12.9. The summed E-state index contributed by atoms with van der Waals surface area (Å²) in [6.45, 7) is 7.36. The van der Waals surface area contributed by atoms with Crippen molar-refractivity contribution in [1.29, 1.82) is 0 Å². The number of carbonyl (C=O) groups excluding carboxylic acids is 1. The number of piperidine rings is 1. The molecule has 4 nitrogen and oxygen atoms in total. The van der Waals surface area contributed by atoms with Gasteiger partial charge in [-0.2, -0.15) is 0 Å². The average molecular weight is 281 g/mol. The lowest BCUT2D eigenvalue weighted by atomic mass is 9.76. The summed E-state index contributed by atoms with van der Waals surface area (Å²) in [6, 6.07) is 0. The van der Waals surface area contributed by atoms with Crippen LogP contribution in [0.1, 0.15) is 59.3 Å². The molecule has 2 aliphatic rings. The second-order valence-corrected chi connectivity index (χ2v) is 7.24. The Morgan fingerprint density at radius 3 is 2.45 bits per heavy atom. The van der Waals surface area contributed by atoms with E-state index < -0.39 is 11.4 Å². The maximum absolute atomic E-state index is 12.8. The molecule has 4 heteroatoms. The molecule has 1 aliphatic heterocycles. The third-order valence-corrected chi connectivity index (χ3v) is 5.57. The molecule has 1 amide bonds. The van der Waals surface area contributed by atoms with Gasteiger partial charge < -0.3 is 10.0 Å². The molecule has 1 saturated carbocycles. The highest BCUT2D eigenvalue weighted by Crippen LogP contribution is 2.44. The minimum atomic E-state index is -0.747. The summed E-state index contributed by atoms with van der Waals surface area (Å²) < 4.78 is 0. The number of carboxylic acid groups (broad SMARTS) is 1. The molecule has 1 N–H and O–H groups in total. The normalized spacial score (nSPS) is 33.1. The molecule has 114 valence electrons. The van der Waals surface area contributed by atoms with Gasteiger partial charge in [-0.05, 0) is 37.5 Å². The maximum atomic E-state index is 12.8. The van der Waals surface area contributed by atoms with E-state index in [1.165, 1.54) is 0 Å². The summed E-state index contributed by atoms with van der Waals surface area (Å²) in [5.74, 6) is -0.488. The number of nitrogens with zero attached hydrogens (tertiary/aromatic N) is 1. The molecule has 0 aromatic carbocycles. The van der Waals surface area contributed by atoms with E-state index in [1.807, 2.05) is 11.8 Å². The van der Waals surface area contributed by atoms with Gasteiger partial charge in [-0.1, -0.05) is 27.2 Å². The Hall–Kier alpha value is -1.06. The van der Waals surface area contributed by atoms with E-state index in [-0.39, 0.29) is 17.2 Å². The van der Waals surface area contributed by atoms with E-state index >= 15 is 0 Å². The zero-order valence-corrected chi connectivity index (χ0v) is 12.9. The minimum absolute atomic E-state index is 0.0621. The highest BCUT2D eigenvalue weighted by atomic mass is 16.4. The second kappa shape index (κ2) is 5.38. The third kappa shape index (κ3) is 2.57. The Balaban J connectivity index is 2.13. The van der Waals surface area contributed by atoms with Crippen molar-refractivity contribution in [2.45, 2.75) is 59.3 Å². The first-order valence-electron chi connectivity index (χ1n) is 7.84. The fourth-order valence-corrected chi connectivity index (χ4v) is 3.94. The number of carboxylic acids is 1. The molecular formula is C16H27NO3. The fourth-order valence-electron chi connectivity index (χ4n) is 3.94. The van der Waals surface area contributed by atoms with Crippen LogP contribution in [0.2, 0.25) is 0 Å². The molecule has 0 aromatic heterocycles. The Morgan fingerprint density at radius 1 is 1.25 bits per heavy atom. The van der Waals surface area contributed by atoms with E-state index in [9.17, 15) is 14.7 Å². The highest BCUT2D eigenvalue weighted by Gasteiger charge is 2.46. The van der Waals surface area contributed by atoms with Crippen molar-refractivity contribution in [1.82, 2.24) is 4.90 Å². The minimum Gasteiger partial charge on any atom is -0.481 e. The van der Waals surface area contributed by atoms with Crippen molar-refractivity contribution in [2.75, 3.05) is 13.1 Å². The Bertz CT molecular complexity index is 405. The number of carbonyl (C=O) groups is 2. The number of likely N-dealkylation sites (tertiary alicyclic amines) is 1. The quantitative estimate of drug-likeness (QED) is 0.865. The van der Waals surface area contributed by atoms with Gasteiger partial charge >= 0.3 is 5.97 Å². The molecule has 2 atom stereocenters. The van der Waals surface area contributed by atoms with Crippen LogP contribution in [0, 0.1) is 16.7 Å².